The molecule has 1 saturated carbocycles. The van der Waals surface area contributed by atoms with Crippen LogP contribution in [0.1, 0.15) is 12.8 Å². The maximum Gasteiger partial charge on any atom is 0.0997 e. The summed E-state index contributed by atoms with van der Waals surface area (Å²) in [5, 5.41) is 0. The van der Waals surface area contributed by atoms with Crippen LogP contribution in [-0.4, -0.2) is 0 Å². The Morgan fingerprint density at radius 3 is 2.17 bits per heavy atom. The molecule has 1 aliphatic carbocycles. The number of allylic oxidation sites excluding steroid dienone is 1. The minimum Gasteiger partial charge on any atom is -0.329 e. The average molecular weight is 84.1 g/mol. The van der Waals surface area contributed by atoms with Crippen molar-refractivity contribution in [1.82, 2.24) is 0 Å². The summed E-state index contributed by atoms with van der Waals surface area (Å²) in [7, 11) is 0. The van der Waals surface area contributed by atoms with Gasteiger partial charge in [-0.1, -0.05) is 0 Å². The second kappa shape index (κ2) is 1.09. The standard InChI is InChI=1S/C5H9N/c1-4(6)5-2-3-5/h5H,1-3,6H2/p+1. The van der Waals surface area contributed by atoms with Gasteiger partial charge in [-0.2, -0.15) is 0 Å². The molecule has 1 aliphatic rings. The SMILES string of the molecule is C=C([NH3+])C1CC1. The molecule has 0 bridgehead atoms. The van der Waals surface area contributed by atoms with Crippen molar-refractivity contribution in [1.29, 1.82) is 0 Å². The predicted molar refractivity (Wildman–Crippen MR) is 24.8 cm³/mol. The van der Waals surface area contributed by atoms with Crippen molar-refractivity contribution in [3.05, 3.63) is 12.3 Å². The maximum atomic E-state index is 3.71. The molecule has 1 heteroatoms. The van der Waals surface area contributed by atoms with E-state index in [1.54, 1.807) is 0 Å². The smallest absolute Gasteiger partial charge is 0.0997 e. The van der Waals surface area contributed by atoms with E-state index in [0.717, 1.165) is 11.6 Å². The highest BCUT2D eigenvalue weighted by molar-refractivity contribution is 4.95. The minimum absolute atomic E-state index is 0.796. The molecule has 6 heavy (non-hydrogen) atoms. The fraction of sp³-hybridized carbons (Fsp3) is 0.600. The third-order valence-corrected chi connectivity index (χ3v) is 1.15. The van der Waals surface area contributed by atoms with E-state index in [2.05, 4.69) is 12.3 Å². The van der Waals surface area contributed by atoms with E-state index >= 15 is 0 Å². The monoisotopic (exact) mass is 84.1 g/mol. The van der Waals surface area contributed by atoms with Crippen molar-refractivity contribution in [3.63, 3.8) is 0 Å². The summed E-state index contributed by atoms with van der Waals surface area (Å²) in [5.74, 6) is 0.796. The van der Waals surface area contributed by atoms with Gasteiger partial charge in [-0.05, 0) is 19.4 Å². The van der Waals surface area contributed by atoms with E-state index < -0.39 is 0 Å². The average Bonchev–Trinajstić information content (AvgIpc) is 2.06. The minimum atomic E-state index is 0.796. The van der Waals surface area contributed by atoms with Crippen molar-refractivity contribution in [2.75, 3.05) is 0 Å². The van der Waals surface area contributed by atoms with Crippen LogP contribution in [0.5, 0.6) is 0 Å². The molecule has 0 spiro atoms. The predicted octanol–water partition coefficient (Wildman–Crippen LogP) is 0.152. The van der Waals surface area contributed by atoms with E-state index in [9.17, 15) is 0 Å². The molecule has 0 aromatic rings. The second-order valence-electron chi connectivity index (χ2n) is 1.93. The Morgan fingerprint density at radius 2 is 2.17 bits per heavy atom. The molecular weight excluding hydrogens is 74.1 g/mol. The number of rotatable bonds is 1. The van der Waals surface area contributed by atoms with E-state index in [4.69, 9.17) is 0 Å². The highest BCUT2D eigenvalue weighted by Gasteiger charge is 2.24. The van der Waals surface area contributed by atoms with Gasteiger partial charge in [0.05, 0.1) is 5.70 Å². The molecule has 0 heterocycles. The molecule has 1 rings (SSSR count). The maximum absolute atomic E-state index is 3.71. The quantitative estimate of drug-likeness (QED) is 0.468. The zero-order chi connectivity index (χ0) is 4.57. The van der Waals surface area contributed by atoms with E-state index in [0.29, 0.717) is 0 Å². The molecule has 0 aromatic heterocycles. The van der Waals surface area contributed by atoms with Gasteiger partial charge in [0.15, 0.2) is 0 Å². The first-order valence-corrected chi connectivity index (χ1v) is 2.31. The van der Waals surface area contributed by atoms with Crippen molar-refractivity contribution in [2.45, 2.75) is 12.8 Å². The van der Waals surface area contributed by atoms with E-state index in [-0.39, 0.29) is 0 Å². The summed E-state index contributed by atoms with van der Waals surface area (Å²) in [6, 6.07) is 0. The molecule has 1 fully saturated rings. The van der Waals surface area contributed by atoms with Crippen LogP contribution < -0.4 is 5.73 Å². The van der Waals surface area contributed by atoms with Crippen molar-refractivity contribution < 1.29 is 5.73 Å². The number of hydrogen-bond donors (Lipinski definition) is 1. The third-order valence-electron chi connectivity index (χ3n) is 1.15. The van der Waals surface area contributed by atoms with Gasteiger partial charge in [-0.3, -0.25) is 0 Å². The molecule has 0 radical (unpaired) electrons. The van der Waals surface area contributed by atoms with Crippen LogP contribution in [0.15, 0.2) is 12.3 Å². The Morgan fingerprint density at radius 1 is 1.67 bits per heavy atom. The first-order chi connectivity index (χ1) is 2.80. The van der Waals surface area contributed by atoms with E-state index in [1.807, 2.05) is 0 Å². The second-order valence-corrected chi connectivity index (χ2v) is 1.93. The van der Waals surface area contributed by atoms with Gasteiger partial charge in [0.2, 0.25) is 0 Å². The Hall–Kier alpha value is -0.300. The van der Waals surface area contributed by atoms with Gasteiger partial charge in [-0.25, -0.2) is 0 Å². The zero-order valence-corrected chi connectivity index (χ0v) is 3.91. The highest BCUT2D eigenvalue weighted by atomic mass is 14.6. The van der Waals surface area contributed by atoms with Crippen molar-refractivity contribution in [3.8, 4) is 0 Å². The molecule has 0 unspecified atom stereocenters. The Balaban J connectivity index is 2.31. The highest BCUT2D eigenvalue weighted by Crippen LogP contribution is 2.31. The van der Waals surface area contributed by atoms with Gasteiger partial charge in [-0.15, -0.1) is 0 Å². The van der Waals surface area contributed by atoms with Crippen molar-refractivity contribution in [2.24, 2.45) is 5.92 Å². The summed E-state index contributed by atoms with van der Waals surface area (Å²) >= 11 is 0. The Labute approximate surface area is 37.8 Å². The molecule has 0 aliphatic heterocycles. The number of hydrogen-bond acceptors (Lipinski definition) is 0. The third kappa shape index (κ3) is 0.601. The van der Waals surface area contributed by atoms with Gasteiger partial charge in [0.1, 0.15) is 0 Å². The molecular formula is C5H10N+. The van der Waals surface area contributed by atoms with E-state index in [1.165, 1.54) is 12.8 Å². The van der Waals surface area contributed by atoms with Crippen LogP contribution in [0.2, 0.25) is 0 Å². The summed E-state index contributed by atoms with van der Waals surface area (Å²) in [6.45, 7) is 3.71. The largest absolute Gasteiger partial charge is 0.329 e. The Kier molecular flexibility index (Phi) is 0.701. The molecule has 1 nitrogen and oxygen atoms in total. The normalized spacial score (nSPS) is 20.8. The van der Waals surface area contributed by atoms with Gasteiger partial charge in [0, 0.05) is 5.92 Å². The Bertz CT molecular complexity index is 72.0. The fourth-order valence-electron chi connectivity index (χ4n) is 0.492. The molecule has 3 N–H and O–H groups in total. The van der Waals surface area contributed by atoms with Gasteiger partial charge in [0.25, 0.3) is 0 Å². The van der Waals surface area contributed by atoms with Crippen LogP contribution in [0.4, 0.5) is 0 Å². The molecule has 0 aromatic carbocycles. The number of quaternary nitrogens is 1. The zero-order valence-electron chi connectivity index (χ0n) is 3.91. The summed E-state index contributed by atoms with van der Waals surface area (Å²) in [5.41, 5.74) is 4.83. The van der Waals surface area contributed by atoms with Crippen LogP contribution >= 0.6 is 0 Å². The first kappa shape index (κ1) is 3.88. The van der Waals surface area contributed by atoms with Crippen LogP contribution in [0, 0.1) is 5.92 Å². The lowest BCUT2D eigenvalue weighted by Crippen LogP contribution is -2.47. The van der Waals surface area contributed by atoms with Crippen LogP contribution in [0.25, 0.3) is 0 Å². The lowest BCUT2D eigenvalue weighted by molar-refractivity contribution is -0.308. The molecule has 34 valence electrons. The summed E-state index contributed by atoms with van der Waals surface area (Å²) in [6.07, 6.45) is 2.67. The lowest BCUT2D eigenvalue weighted by Gasteiger charge is -1.79. The van der Waals surface area contributed by atoms with Gasteiger partial charge < -0.3 is 5.73 Å². The van der Waals surface area contributed by atoms with Gasteiger partial charge >= 0.3 is 0 Å². The molecule has 0 atom stereocenters. The first-order valence-electron chi connectivity index (χ1n) is 2.31. The van der Waals surface area contributed by atoms with Crippen LogP contribution in [0.3, 0.4) is 0 Å². The lowest BCUT2D eigenvalue weighted by atomic mass is 10.3. The molecule has 0 saturated heterocycles. The topological polar surface area (TPSA) is 27.6 Å². The summed E-state index contributed by atoms with van der Waals surface area (Å²) in [4.78, 5) is 0. The van der Waals surface area contributed by atoms with Crippen LogP contribution in [-0.2, 0) is 0 Å². The molecule has 0 amide bonds. The van der Waals surface area contributed by atoms with Crippen molar-refractivity contribution >= 4 is 0 Å². The summed E-state index contributed by atoms with van der Waals surface area (Å²) < 4.78 is 0. The fourth-order valence-corrected chi connectivity index (χ4v) is 0.492.